The zero-order valence-electron chi connectivity index (χ0n) is 8.51. The van der Waals surface area contributed by atoms with E-state index in [0.29, 0.717) is 0 Å². The minimum atomic E-state index is 0.873. The molecule has 2 nitrogen and oxygen atoms in total. The second-order valence-electron chi connectivity index (χ2n) is 3.77. The summed E-state index contributed by atoms with van der Waals surface area (Å²) >= 11 is 6.93. The smallest absolute Gasteiger partial charge is 0.107 e. The largest absolute Gasteiger partial charge is 0.353 e. The second-order valence-corrected chi connectivity index (χ2v) is 5.50. The van der Waals surface area contributed by atoms with E-state index in [9.17, 15) is 0 Å². The Morgan fingerprint density at radius 3 is 2.75 bits per heavy atom. The number of aromatic nitrogens is 2. The number of nitrogens with zero attached hydrogens (tertiary/aromatic N) is 1. The third-order valence-electron chi connectivity index (χ3n) is 2.70. The lowest BCUT2D eigenvalue weighted by Gasteiger charge is -1.96. The van der Waals surface area contributed by atoms with Crippen LogP contribution >= 0.6 is 31.9 Å². The van der Waals surface area contributed by atoms with Crippen LogP contribution in [-0.4, -0.2) is 9.97 Å². The molecule has 0 amide bonds. The van der Waals surface area contributed by atoms with E-state index >= 15 is 0 Å². The number of H-pyrrole nitrogens is 1. The molecule has 0 bridgehead atoms. The standard InChI is InChI=1S/C12H8Br2N2/c1-6-12-9(5-11(14)15-6)8-4-7(13)2-3-10(8)16-12/h2-5,16H,1H3. The minimum absolute atomic E-state index is 0.873. The minimum Gasteiger partial charge on any atom is -0.353 e. The highest BCUT2D eigenvalue weighted by atomic mass is 79.9. The Morgan fingerprint density at radius 1 is 1.12 bits per heavy atom. The fourth-order valence-electron chi connectivity index (χ4n) is 1.99. The quantitative estimate of drug-likeness (QED) is 0.598. The van der Waals surface area contributed by atoms with Gasteiger partial charge >= 0.3 is 0 Å². The fraction of sp³-hybridized carbons (Fsp3) is 0.0833. The maximum absolute atomic E-state index is 4.39. The van der Waals surface area contributed by atoms with Gasteiger partial charge in [0.1, 0.15) is 4.60 Å². The average molecular weight is 340 g/mol. The summed E-state index contributed by atoms with van der Waals surface area (Å²) in [5, 5.41) is 2.42. The average Bonchev–Trinajstić information content (AvgIpc) is 2.57. The molecule has 0 aliphatic carbocycles. The number of rotatable bonds is 0. The molecule has 0 aliphatic rings. The maximum atomic E-state index is 4.39. The molecule has 0 saturated heterocycles. The Labute approximate surface area is 109 Å². The van der Waals surface area contributed by atoms with E-state index in [-0.39, 0.29) is 0 Å². The van der Waals surface area contributed by atoms with Gasteiger partial charge in [-0.25, -0.2) is 4.98 Å². The van der Waals surface area contributed by atoms with E-state index < -0.39 is 0 Å². The molecule has 0 spiro atoms. The fourth-order valence-corrected chi connectivity index (χ4v) is 2.84. The number of pyridine rings is 1. The van der Waals surface area contributed by atoms with Gasteiger partial charge in [0.2, 0.25) is 0 Å². The molecule has 0 saturated carbocycles. The lowest BCUT2D eigenvalue weighted by atomic mass is 10.2. The summed E-state index contributed by atoms with van der Waals surface area (Å²) in [5.41, 5.74) is 3.26. The Morgan fingerprint density at radius 2 is 1.94 bits per heavy atom. The maximum Gasteiger partial charge on any atom is 0.107 e. The molecule has 80 valence electrons. The molecule has 0 unspecified atom stereocenters. The summed E-state index contributed by atoms with van der Waals surface area (Å²) < 4.78 is 1.96. The number of benzene rings is 1. The topological polar surface area (TPSA) is 28.7 Å². The predicted molar refractivity (Wildman–Crippen MR) is 73.7 cm³/mol. The first-order valence-electron chi connectivity index (χ1n) is 4.89. The van der Waals surface area contributed by atoms with Gasteiger partial charge in [0.05, 0.1) is 11.2 Å². The number of fused-ring (bicyclic) bond motifs is 3. The van der Waals surface area contributed by atoms with Crippen LogP contribution in [0, 0.1) is 6.92 Å². The van der Waals surface area contributed by atoms with Gasteiger partial charge < -0.3 is 4.98 Å². The van der Waals surface area contributed by atoms with Crippen LogP contribution in [0.2, 0.25) is 0 Å². The van der Waals surface area contributed by atoms with E-state index in [1.54, 1.807) is 0 Å². The number of hydrogen-bond donors (Lipinski definition) is 1. The molecule has 2 aromatic heterocycles. The van der Waals surface area contributed by atoms with Gasteiger partial charge in [-0.3, -0.25) is 0 Å². The molecule has 1 N–H and O–H groups in total. The normalized spacial score (nSPS) is 11.4. The molecule has 1 aromatic carbocycles. The van der Waals surface area contributed by atoms with Crippen molar-refractivity contribution in [1.82, 2.24) is 9.97 Å². The molecule has 2 heterocycles. The number of hydrogen-bond acceptors (Lipinski definition) is 1. The lowest BCUT2D eigenvalue weighted by molar-refractivity contribution is 1.19. The second kappa shape index (κ2) is 3.57. The van der Waals surface area contributed by atoms with Crippen LogP contribution < -0.4 is 0 Å². The van der Waals surface area contributed by atoms with Gasteiger partial charge in [-0.1, -0.05) is 15.9 Å². The highest BCUT2D eigenvalue weighted by molar-refractivity contribution is 9.10. The van der Waals surface area contributed by atoms with Gasteiger partial charge in [0, 0.05) is 20.8 Å². The van der Waals surface area contributed by atoms with Crippen molar-refractivity contribution in [3.05, 3.63) is 39.0 Å². The first-order valence-corrected chi connectivity index (χ1v) is 6.48. The molecule has 0 aliphatic heterocycles. The predicted octanol–water partition coefficient (Wildman–Crippen LogP) is 4.55. The number of aryl methyl sites for hydroxylation is 1. The van der Waals surface area contributed by atoms with Crippen molar-refractivity contribution in [3.63, 3.8) is 0 Å². The van der Waals surface area contributed by atoms with Crippen molar-refractivity contribution in [2.24, 2.45) is 0 Å². The molecule has 16 heavy (non-hydrogen) atoms. The van der Waals surface area contributed by atoms with E-state index in [1.165, 1.54) is 10.8 Å². The van der Waals surface area contributed by atoms with Gasteiger partial charge in [-0.05, 0) is 47.1 Å². The zero-order chi connectivity index (χ0) is 11.3. The SMILES string of the molecule is Cc1nc(Br)cc2c1[nH]c1ccc(Br)cc12. The van der Waals surface area contributed by atoms with Crippen molar-refractivity contribution in [1.29, 1.82) is 0 Å². The molecule has 0 fully saturated rings. The third kappa shape index (κ3) is 1.48. The molecule has 0 atom stereocenters. The molecule has 3 rings (SSSR count). The summed E-state index contributed by atoms with van der Waals surface area (Å²) in [4.78, 5) is 7.79. The Balaban J connectivity index is 2.57. The van der Waals surface area contributed by atoms with Gasteiger partial charge in [-0.2, -0.15) is 0 Å². The van der Waals surface area contributed by atoms with Crippen LogP contribution in [0.1, 0.15) is 5.69 Å². The van der Waals surface area contributed by atoms with Crippen LogP contribution in [0.25, 0.3) is 21.8 Å². The van der Waals surface area contributed by atoms with Crippen LogP contribution in [0.4, 0.5) is 0 Å². The molecular weight excluding hydrogens is 332 g/mol. The number of halogens is 2. The van der Waals surface area contributed by atoms with E-state index in [4.69, 9.17) is 0 Å². The van der Waals surface area contributed by atoms with Crippen molar-refractivity contribution in [2.45, 2.75) is 6.92 Å². The van der Waals surface area contributed by atoms with E-state index in [0.717, 1.165) is 25.8 Å². The molecule has 3 aromatic rings. The van der Waals surface area contributed by atoms with Gasteiger partial charge in [0.25, 0.3) is 0 Å². The van der Waals surface area contributed by atoms with E-state index in [2.05, 4.69) is 54.0 Å². The Kier molecular flexibility index (Phi) is 2.30. The monoisotopic (exact) mass is 338 g/mol. The van der Waals surface area contributed by atoms with Crippen LogP contribution in [0.3, 0.4) is 0 Å². The van der Waals surface area contributed by atoms with Gasteiger partial charge in [-0.15, -0.1) is 0 Å². The highest BCUT2D eigenvalue weighted by Crippen LogP contribution is 2.30. The number of aromatic amines is 1. The van der Waals surface area contributed by atoms with Crippen molar-refractivity contribution in [2.75, 3.05) is 0 Å². The van der Waals surface area contributed by atoms with Crippen LogP contribution in [0.15, 0.2) is 33.3 Å². The van der Waals surface area contributed by atoms with Crippen LogP contribution in [-0.2, 0) is 0 Å². The highest BCUT2D eigenvalue weighted by Gasteiger charge is 2.08. The first kappa shape index (κ1) is 10.3. The first-order chi connectivity index (χ1) is 7.65. The number of nitrogens with one attached hydrogen (secondary N) is 1. The summed E-state index contributed by atoms with van der Waals surface area (Å²) in [6.07, 6.45) is 0. The Hall–Kier alpha value is -0.870. The van der Waals surface area contributed by atoms with E-state index in [1.807, 2.05) is 19.1 Å². The molecule has 0 radical (unpaired) electrons. The summed E-state index contributed by atoms with van der Waals surface area (Å²) in [6.45, 7) is 2.01. The van der Waals surface area contributed by atoms with Crippen molar-refractivity contribution >= 4 is 53.7 Å². The molecule has 4 heteroatoms. The summed E-state index contributed by atoms with van der Waals surface area (Å²) in [5.74, 6) is 0. The lowest BCUT2D eigenvalue weighted by Crippen LogP contribution is -1.83. The van der Waals surface area contributed by atoms with Crippen molar-refractivity contribution in [3.8, 4) is 0 Å². The molecular formula is C12H8Br2N2. The van der Waals surface area contributed by atoms with Gasteiger partial charge in [0.15, 0.2) is 0 Å². The summed E-state index contributed by atoms with van der Waals surface area (Å²) in [7, 11) is 0. The third-order valence-corrected chi connectivity index (χ3v) is 3.60. The Bertz CT molecular complexity index is 701. The van der Waals surface area contributed by atoms with Crippen LogP contribution in [0.5, 0.6) is 0 Å². The summed E-state index contributed by atoms with van der Waals surface area (Å²) in [6, 6.07) is 8.29. The zero-order valence-corrected chi connectivity index (χ0v) is 11.7. The van der Waals surface area contributed by atoms with Crippen molar-refractivity contribution < 1.29 is 0 Å².